The largest absolute Gasteiger partial charge is 0.373 e. The summed E-state index contributed by atoms with van der Waals surface area (Å²) in [6.07, 6.45) is 3.62. The van der Waals surface area contributed by atoms with E-state index in [1.165, 1.54) is 18.0 Å². The molecule has 1 aromatic heterocycles. The fraction of sp³-hybridized carbons (Fsp3) is 0.300. The number of halogens is 1. The fourth-order valence-electron chi connectivity index (χ4n) is 3.48. The van der Waals surface area contributed by atoms with Crippen LogP contribution in [0.15, 0.2) is 54.9 Å². The van der Waals surface area contributed by atoms with Crippen molar-refractivity contribution in [2.24, 2.45) is 5.92 Å². The Morgan fingerprint density at radius 1 is 1.08 bits per heavy atom. The maximum absolute atomic E-state index is 13.9. The Bertz CT molecular complexity index is 856. The number of rotatable bonds is 4. The smallest absolute Gasteiger partial charge is 0.149 e. The molecule has 2 unspecified atom stereocenters. The summed E-state index contributed by atoms with van der Waals surface area (Å²) in [6, 6.07) is 15.3. The first kappa shape index (κ1) is 16.0. The molecule has 0 spiro atoms. The minimum Gasteiger partial charge on any atom is -0.373 e. The molecule has 0 bridgehead atoms. The lowest BCUT2D eigenvalue weighted by molar-refractivity contribution is -0.0238. The molecule has 2 atom stereocenters. The normalized spacial score (nSPS) is 20.5. The molecule has 1 aliphatic heterocycles. The van der Waals surface area contributed by atoms with E-state index in [2.05, 4.69) is 27.4 Å². The Morgan fingerprint density at radius 2 is 1.96 bits per heavy atom. The minimum atomic E-state index is -0.328. The summed E-state index contributed by atoms with van der Waals surface area (Å²) in [5, 5.41) is 4.09. The quantitative estimate of drug-likeness (QED) is 0.769. The maximum atomic E-state index is 13.9. The van der Waals surface area contributed by atoms with Gasteiger partial charge in [-0.3, -0.25) is 0 Å². The summed E-state index contributed by atoms with van der Waals surface area (Å²) in [7, 11) is 0. The average molecular weight is 337 g/mol. The van der Waals surface area contributed by atoms with Crippen LogP contribution in [-0.4, -0.2) is 23.1 Å². The summed E-state index contributed by atoms with van der Waals surface area (Å²) in [5.41, 5.74) is 1.55. The molecule has 0 aliphatic carbocycles. The number of aromatic nitrogens is 2. The lowest BCUT2D eigenvalue weighted by Crippen LogP contribution is -2.28. The molecular weight excluding hydrogens is 317 g/mol. The van der Waals surface area contributed by atoms with Crippen LogP contribution in [0, 0.1) is 11.7 Å². The highest BCUT2D eigenvalue weighted by atomic mass is 19.1. The second kappa shape index (κ2) is 7.15. The van der Waals surface area contributed by atoms with Gasteiger partial charge < -0.3 is 10.1 Å². The van der Waals surface area contributed by atoms with Crippen molar-refractivity contribution in [1.82, 2.24) is 9.97 Å². The van der Waals surface area contributed by atoms with Crippen LogP contribution in [0.25, 0.3) is 10.9 Å². The molecule has 5 heteroatoms. The first-order valence-electron chi connectivity index (χ1n) is 8.62. The van der Waals surface area contributed by atoms with Crippen LogP contribution in [0.1, 0.15) is 24.5 Å². The van der Waals surface area contributed by atoms with E-state index in [0.717, 1.165) is 26.0 Å². The number of fused-ring (bicyclic) bond motifs is 1. The van der Waals surface area contributed by atoms with E-state index in [1.807, 2.05) is 24.3 Å². The van der Waals surface area contributed by atoms with Crippen molar-refractivity contribution in [3.8, 4) is 0 Å². The SMILES string of the molecule is Fc1cccc2c(NCC3CCCOC3c3ccccc3)ncnc12. The van der Waals surface area contributed by atoms with E-state index >= 15 is 0 Å². The number of ether oxygens (including phenoxy) is 1. The highest BCUT2D eigenvalue weighted by Crippen LogP contribution is 2.34. The van der Waals surface area contributed by atoms with Gasteiger partial charge in [-0.05, 0) is 30.5 Å². The molecule has 1 N–H and O–H groups in total. The van der Waals surface area contributed by atoms with Crippen LogP contribution in [0.2, 0.25) is 0 Å². The van der Waals surface area contributed by atoms with E-state index in [0.29, 0.717) is 22.6 Å². The second-order valence-corrected chi connectivity index (χ2v) is 6.34. The van der Waals surface area contributed by atoms with Crippen LogP contribution < -0.4 is 5.32 Å². The van der Waals surface area contributed by atoms with Crippen LogP contribution in [-0.2, 0) is 4.74 Å². The number of hydrogen-bond acceptors (Lipinski definition) is 4. The first-order valence-corrected chi connectivity index (χ1v) is 8.62. The van der Waals surface area contributed by atoms with Gasteiger partial charge in [0.2, 0.25) is 0 Å². The van der Waals surface area contributed by atoms with Gasteiger partial charge in [-0.1, -0.05) is 36.4 Å². The molecule has 2 heterocycles. The topological polar surface area (TPSA) is 47.0 Å². The predicted molar refractivity (Wildman–Crippen MR) is 95.8 cm³/mol. The van der Waals surface area contributed by atoms with Gasteiger partial charge in [0.1, 0.15) is 23.5 Å². The van der Waals surface area contributed by atoms with Gasteiger partial charge in [0, 0.05) is 24.5 Å². The number of nitrogens with one attached hydrogen (secondary N) is 1. The lowest BCUT2D eigenvalue weighted by atomic mass is 9.89. The van der Waals surface area contributed by atoms with Gasteiger partial charge >= 0.3 is 0 Å². The zero-order chi connectivity index (χ0) is 17.1. The third-order valence-electron chi connectivity index (χ3n) is 4.72. The van der Waals surface area contributed by atoms with E-state index < -0.39 is 0 Å². The van der Waals surface area contributed by atoms with Crippen molar-refractivity contribution in [3.05, 3.63) is 66.2 Å². The van der Waals surface area contributed by atoms with Crippen molar-refractivity contribution in [2.45, 2.75) is 18.9 Å². The maximum Gasteiger partial charge on any atom is 0.149 e. The predicted octanol–water partition coefficient (Wildman–Crippen LogP) is 4.35. The summed E-state index contributed by atoms with van der Waals surface area (Å²) >= 11 is 0. The molecular formula is C20H20FN3O. The number of para-hydroxylation sites is 1. The highest BCUT2D eigenvalue weighted by Gasteiger charge is 2.27. The van der Waals surface area contributed by atoms with E-state index in [9.17, 15) is 4.39 Å². The zero-order valence-electron chi connectivity index (χ0n) is 13.9. The Kier molecular flexibility index (Phi) is 4.57. The van der Waals surface area contributed by atoms with Crippen molar-refractivity contribution < 1.29 is 9.13 Å². The summed E-state index contributed by atoms with van der Waals surface area (Å²) in [6.45, 7) is 1.51. The number of benzene rings is 2. The van der Waals surface area contributed by atoms with Crippen molar-refractivity contribution in [3.63, 3.8) is 0 Å². The van der Waals surface area contributed by atoms with E-state index in [4.69, 9.17) is 4.74 Å². The van der Waals surface area contributed by atoms with Crippen LogP contribution in [0.3, 0.4) is 0 Å². The van der Waals surface area contributed by atoms with Gasteiger partial charge in [0.15, 0.2) is 0 Å². The molecule has 0 radical (unpaired) electrons. The summed E-state index contributed by atoms with van der Waals surface area (Å²) in [5.74, 6) is 0.683. The zero-order valence-corrected chi connectivity index (χ0v) is 13.9. The number of hydrogen-bond donors (Lipinski definition) is 1. The van der Waals surface area contributed by atoms with E-state index in [1.54, 1.807) is 6.07 Å². The Hall–Kier alpha value is -2.53. The molecule has 3 aromatic rings. The third-order valence-corrected chi connectivity index (χ3v) is 4.72. The first-order chi connectivity index (χ1) is 12.3. The standard InChI is InChI=1S/C20H20FN3O/c21-17-10-4-9-16-18(17)23-13-24-20(16)22-12-15-8-5-11-25-19(15)14-6-2-1-3-7-14/h1-4,6-7,9-10,13,15,19H,5,8,11-12H2,(H,22,23,24). The van der Waals surface area contributed by atoms with E-state index in [-0.39, 0.29) is 11.9 Å². The number of nitrogens with zero attached hydrogens (tertiary/aromatic N) is 2. The Morgan fingerprint density at radius 3 is 2.84 bits per heavy atom. The highest BCUT2D eigenvalue weighted by molar-refractivity contribution is 5.89. The molecule has 4 nitrogen and oxygen atoms in total. The summed E-state index contributed by atoms with van der Waals surface area (Å²) in [4.78, 5) is 8.35. The average Bonchev–Trinajstić information content (AvgIpc) is 2.68. The lowest BCUT2D eigenvalue weighted by Gasteiger charge is -2.32. The van der Waals surface area contributed by atoms with Gasteiger partial charge in [0.05, 0.1) is 6.10 Å². The Labute approximate surface area is 146 Å². The molecule has 1 fully saturated rings. The van der Waals surface area contributed by atoms with Crippen LogP contribution >= 0.6 is 0 Å². The van der Waals surface area contributed by atoms with Gasteiger partial charge in [-0.2, -0.15) is 0 Å². The molecule has 25 heavy (non-hydrogen) atoms. The van der Waals surface area contributed by atoms with Gasteiger partial charge in [-0.25, -0.2) is 14.4 Å². The third kappa shape index (κ3) is 3.33. The second-order valence-electron chi connectivity index (χ2n) is 6.34. The molecule has 128 valence electrons. The molecule has 4 rings (SSSR count). The Balaban J connectivity index is 1.55. The minimum absolute atomic E-state index is 0.0762. The van der Waals surface area contributed by atoms with Crippen molar-refractivity contribution in [1.29, 1.82) is 0 Å². The number of anilines is 1. The summed E-state index contributed by atoms with van der Waals surface area (Å²) < 4.78 is 19.9. The molecule has 0 saturated carbocycles. The molecule has 2 aromatic carbocycles. The van der Waals surface area contributed by atoms with Crippen LogP contribution in [0.4, 0.5) is 10.2 Å². The van der Waals surface area contributed by atoms with Gasteiger partial charge in [-0.15, -0.1) is 0 Å². The molecule has 1 aliphatic rings. The fourth-order valence-corrected chi connectivity index (χ4v) is 3.48. The molecule has 0 amide bonds. The molecule has 1 saturated heterocycles. The van der Waals surface area contributed by atoms with Crippen LogP contribution in [0.5, 0.6) is 0 Å². The monoisotopic (exact) mass is 337 g/mol. The van der Waals surface area contributed by atoms with Gasteiger partial charge in [0.25, 0.3) is 0 Å². The van der Waals surface area contributed by atoms with Crippen molar-refractivity contribution in [2.75, 3.05) is 18.5 Å². The van der Waals surface area contributed by atoms with Crippen molar-refractivity contribution >= 4 is 16.7 Å².